The van der Waals surface area contributed by atoms with Crippen LogP contribution in [-0.4, -0.2) is 36.6 Å². The maximum atomic E-state index is 14.4. The lowest BCUT2D eigenvalue weighted by Crippen LogP contribution is -2.15. The topological polar surface area (TPSA) is 98.7 Å². The molecule has 0 aliphatic rings. The molecule has 1 N–H and O–H groups in total. The number of carbonyl (C=O) groups is 1. The number of carbonyl (C=O) groups excluding carboxylic acids is 1. The summed E-state index contributed by atoms with van der Waals surface area (Å²) < 4.78 is 21.7. The van der Waals surface area contributed by atoms with Crippen LogP contribution < -0.4 is 5.32 Å². The highest BCUT2D eigenvalue weighted by Crippen LogP contribution is 2.27. The van der Waals surface area contributed by atoms with Crippen LogP contribution in [0, 0.1) is 5.82 Å². The summed E-state index contributed by atoms with van der Waals surface area (Å²) in [6.07, 6.45) is 0. The number of hydrogen-bond acceptors (Lipinski definition) is 7. The molecular formula is C22H21FN6O2S. The molecule has 0 bridgehead atoms. The second kappa shape index (κ2) is 9.73. The van der Waals surface area contributed by atoms with Gasteiger partial charge in [0.1, 0.15) is 5.82 Å². The zero-order valence-electron chi connectivity index (χ0n) is 17.5. The van der Waals surface area contributed by atoms with Gasteiger partial charge in [-0.1, -0.05) is 73.2 Å². The molecule has 0 saturated heterocycles. The Morgan fingerprint density at radius 2 is 1.81 bits per heavy atom. The van der Waals surface area contributed by atoms with Crippen LogP contribution in [0.3, 0.4) is 0 Å². The molecule has 4 rings (SSSR count). The Kier molecular flexibility index (Phi) is 6.60. The van der Waals surface area contributed by atoms with Crippen LogP contribution in [-0.2, 0) is 11.3 Å². The average molecular weight is 453 g/mol. The molecule has 0 spiro atoms. The van der Waals surface area contributed by atoms with Crippen molar-refractivity contribution in [3.63, 3.8) is 0 Å². The van der Waals surface area contributed by atoms with E-state index in [4.69, 9.17) is 4.42 Å². The molecule has 164 valence electrons. The Labute approximate surface area is 188 Å². The van der Waals surface area contributed by atoms with Crippen LogP contribution in [0.25, 0.3) is 11.4 Å². The molecule has 10 heteroatoms. The molecule has 0 unspecified atom stereocenters. The second-order valence-electron chi connectivity index (χ2n) is 7.29. The van der Waals surface area contributed by atoms with Crippen LogP contribution >= 0.6 is 11.8 Å². The van der Waals surface area contributed by atoms with Crippen molar-refractivity contribution in [2.75, 3.05) is 11.1 Å². The Hall–Kier alpha value is -3.53. The van der Waals surface area contributed by atoms with E-state index in [1.165, 1.54) is 17.8 Å². The minimum Gasteiger partial charge on any atom is -0.408 e. The fourth-order valence-corrected chi connectivity index (χ4v) is 3.69. The fourth-order valence-electron chi connectivity index (χ4n) is 2.95. The lowest BCUT2D eigenvalue weighted by molar-refractivity contribution is -0.113. The van der Waals surface area contributed by atoms with E-state index in [0.29, 0.717) is 29.0 Å². The average Bonchev–Trinajstić information content (AvgIpc) is 3.41. The van der Waals surface area contributed by atoms with E-state index >= 15 is 0 Å². The lowest BCUT2D eigenvalue weighted by atomic mass is 10.2. The zero-order valence-corrected chi connectivity index (χ0v) is 18.3. The molecule has 0 radical (unpaired) electrons. The summed E-state index contributed by atoms with van der Waals surface area (Å²) in [7, 11) is 0. The highest BCUT2D eigenvalue weighted by molar-refractivity contribution is 7.99. The van der Waals surface area contributed by atoms with Crippen LogP contribution in [0.2, 0.25) is 0 Å². The Morgan fingerprint density at radius 1 is 1.06 bits per heavy atom. The van der Waals surface area contributed by atoms with Gasteiger partial charge in [0, 0.05) is 5.92 Å². The molecule has 2 aromatic carbocycles. The van der Waals surface area contributed by atoms with E-state index in [1.54, 1.807) is 22.8 Å². The molecule has 0 saturated carbocycles. The second-order valence-corrected chi connectivity index (χ2v) is 8.24. The number of hydrogen-bond donors (Lipinski definition) is 1. The molecule has 2 heterocycles. The molecule has 1 amide bonds. The van der Waals surface area contributed by atoms with Crippen molar-refractivity contribution in [1.82, 2.24) is 25.0 Å². The molecule has 0 fully saturated rings. The minimum atomic E-state index is -0.388. The molecule has 8 nitrogen and oxygen atoms in total. The van der Waals surface area contributed by atoms with Crippen molar-refractivity contribution in [3.05, 3.63) is 71.9 Å². The minimum absolute atomic E-state index is 0.0452. The van der Waals surface area contributed by atoms with Crippen LogP contribution in [0.4, 0.5) is 10.4 Å². The number of amides is 1. The number of nitrogens with zero attached hydrogens (tertiary/aromatic N) is 5. The van der Waals surface area contributed by atoms with Crippen molar-refractivity contribution in [3.8, 4) is 11.4 Å². The first-order valence-corrected chi connectivity index (χ1v) is 11.0. The summed E-state index contributed by atoms with van der Waals surface area (Å²) in [5.74, 6) is 0.245. The number of nitrogens with one attached hydrogen (secondary N) is 1. The maximum absolute atomic E-state index is 14.4. The van der Waals surface area contributed by atoms with Crippen molar-refractivity contribution in [2.45, 2.75) is 31.5 Å². The standard InChI is InChI=1S/C22H21FN6O2S/c1-14(2)20-26-27-21(31-20)24-18(30)13-32-22-28-25-19(16-10-6-7-11-17(16)23)29(22)12-15-8-4-3-5-9-15/h3-11,14H,12-13H2,1-2H3,(H,24,27,30). The molecule has 0 atom stereocenters. The van der Waals surface area contributed by atoms with Gasteiger partial charge in [0.05, 0.1) is 17.9 Å². The third kappa shape index (κ3) is 5.02. The smallest absolute Gasteiger partial charge is 0.322 e. The van der Waals surface area contributed by atoms with Gasteiger partial charge in [0.25, 0.3) is 0 Å². The number of benzene rings is 2. The van der Waals surface area contributed by atoms with Gasteiger partial charge in [-0.05, 0) is 17.7 Å². The van der Waals surface area contributed by atoms with Gasteiger partial charge in [-0.2, -0.15) is 0 Å². The van der Waals surface area contributed by atoms with Crippen LogP contribution in [0.15, 0.2) is 64.2 Å². The first kappa shape index (κ1) is 21.7. The molecule has 0 aliphatic carbocycles. The third-order valence-corrected chi connectivity index (χ3v) is 5.50. The van der Waals surface area contributed by atoms with Gasteiger partial charge in [-0.15, -0.1) is 15.3 Å². The number of anilines is 1. The van der Waals surface area contributed by atoms with E-state index in [9.17, 15) is 9.18 Å². The summed E-state index contributed by atoms with van der Waals surface area (Å²) in [5.41, 5.74) is 1.35. The van der Waals surface area contributed by atoms with Crippen molar-refractivity contribution in [1.29, 1.82) is 0 Å². The summed E-state index contributed by atoms with van der Waals surface area (Å²) in [4.78, 5) is 12.4. The first-order chi connectivity index (χ1) is 15.5. The van der Waals surface area contributed by atoms with Crippen molar-refractivity contribution in [2.24, 2.45) is 0 Å². The third-order valence-electron chi connectivity index (χ3n) is 4.53. The van der Waals surface area contributed by atoms with Gasteiger partial charge in [-0.25, -0.2) is 4.39 Å². The van der Waals surface area contributed by atoms with Crippen LogP contribution in [0.1, 0.15) is 31.2 Å². The van der Waals surface area contributed by atoms with Gasteiger partial charge in [0.15, 0.2) is 11.0 Å². The molecule has 0 aliphatic heterocycles. The monoisotopic (exact) mass is 452 g/mol. The zero-order chi connectivity index (χ0) is 22.5. The van der Waals surface area contributed by atoms with E-state index in [-0.39, 0.29) is 29.4 Å². The molecule has 2 aromatic heterocycles. The van der Waals surface area contributed by atoms with E-state index < -0.39 is 0 Å². The first-order valence-electron chi connectivity index (χ1n) is 9.99. The summed E-state index contributed by atoms with van der Waals surface area (Å²) in [6.45, 7) is 4.27. The summed E-state index contributed by atoms with van der Waals surface area (Å²) in [6, 6.07) is 16.2. The molecular weight excluding hydrogens is 431 g/mol. The largest absolute Gasteiger partial charge is 0.408 e. The van der Waals surface area contributed by atoms with Gasteiger partial charge < -0.3 is 4.42 Å². The highest BCUT2D eigenvalue weighted by atomic mass is 32.2. The van der Waals surface area contributed by atoms with E-state index in [2.05, 4.69) is 25.7 Å². The molecule has 32 heavy (non-hydrogen) atoms. The normalized spacial score (nSPS) is 11.1. The van der Waals surface area contributed by atoms with Crippen LogP contribution in [0.5, 0.6) is 0 Å². The van der Waals surface area contributed by atoms with E-state index in [1.807, 2.05) is 44.2 Å². The number of aromatic nitrogens is 5. The van der Waals surface area contributed by atoms with Gasteiger partial charge in [0.2, 0.25) is 11.8 Å². The quantitative estimate of drug-likeness (QED) is 0.396. The van der Waals surface area contributed by atoms with Crippen molar-refractivity contribution >= 4 is 23.7 Å². The van der Waals surface area contributed by atoms with E-state index in [0.717, 1.165) is 5.56 Å². The molecule has 4 aromatic rings. The SMILES string of the molecule is CC(C)c1nnc(NC(=O)CSc2nnc(-c3ccccc3F)n2Cc2ccccc2)o1. The van der Waals surface area contributed by atoms with Gasteiger partial charge in [-0.3, -0.25) is 14.7 Å². The predicted molar refractivity (Wildman–Crippen MR) is 119 cm³/mol. The maximum Gasteiger partial charge on any atom is 0.322 e. The summed E-state index contributed by atoms with van der Waals surface area (Å²) in [5, 5.41) is 19.2. The Morgan fingerprint density at radius 3 is 2.53 bits per heavy atom. The van der Waals surface area contributed by atoms with Crippen molar-refractivity contribution < 1.29 is 13.6 Å². The number of rotatable bonds is 8. The van der Waals surface area contributed by atoms with Gasteiger partial charge >= 0.3 is 6.01 Å². The lowest BCUT2D eigenvalue weighted by Gasteiger charge is -2.11. The fraction of sp³-hybridized carbons (Fsp3) is 0.227. The Bertz CT molecular complexity index is 1210. The Balaban J connectivity index is 1.53. The predicted octanol–water partition coefficient (Wildman–Crippen LogP) is 4.37. The number of halogens is 1. The highest BCUT2D eigenvalue weighted by Gasteiger charge is 2.19. The number of thioether (sulfide) groups is 1. The summed E-state index contributed by atoms with van der Waals surface area (Å²) >= 11 is 1.19.